The molecule has 0 aromatic carbocycles. The van der Waals surface area contributed by atoms with Gasteiger partial charge < -0.3 is 17.9 Å². The van der Waals surface area contributed by atoms with E-state index in [2.05, 4.69) is 61.6 Å². The molecule has 2 aliphatic rings. The largest absolute Gasteiger partial charge is 1.00 e. The highest BCUT2D eigenvalue weighted by Crippen LogP contribution is 2.16. The molecule has 2 heterocycles. The summed E-state index contributed by atoms with van der Waals surface area (Å²) in [6.07, 6.45) is 2.54. The van der Waals surface area contributed by atoms with E-state index in [4.69, 9.17) is 0 Å². The maximum Gasteiger partial charge on any atom is 0.208 e. The van der Waals surface area contributed by atoms with Crippen LogP contribution in [0.3, 0.4) is 0 Å². The fraction of sp³-hybridized carbons (Fsp3) is 0.714. The predicted octanol–water partition coefficient (Wildman–Crippen LogP) is 0.458. The number of hydrogen-bond acceptors (Lipinski definition) is 2. The van der Waals surface area contributed by atoms with E-state index in [-0.39, 0.29) is 29.6 Å². The van der Waals surface area contributed by atoms with Crippen LogP contribution in [-0.2, 0) is 0 Å². The van der Waals surface area contributed by atoms with Gasteiger partial charge in [-0.2, -0.15) is 0 Å². The number of quaternary nitrogens is 2. The highest BCUT2D eigenvalue weighted by molar-refractivity contribution is 5.75. The number of nitrogens with zero attached hydrogens (tertiary/aromatic N) is 4. The topological polar surface area (TPSA) is 56.2 Å². The molecule has 0 spiro atoms. The van der Waals surface area contributed by atoms with E-state index in [1.807, 2.05) is 6.92 Å². The first kappa shape index (κ1) is 30.4. The van der Waals surface area contributed by atoms with Crippen molar-refractivity contribution in [3.8, 4) is 23.8 Å². The van der Waals surface area contributed by atoms with Gasteiger partial charge in [-0.15, -0.1) is 0 Å². The maximum atomic E-state index is 4.52. The van der Waals surface area contributed by atoms with E-state index in [0.29, 0.717) is 4.48 Å². The molecule has 0 aromatic heterocycles. The lowest BCUT2D eigenvalue weighted by atomic mass is 10.2. The van der Waals surface area contributed by atoms with Crippen LogP contribution < -0.4 is 12.4 Å². The Hall–Kier alpha value is -1.37. The van der Waals surface area contributed by atoms with E-state index in [1.165, 1.54) is 42.8 Å². The first-order chi connectivity index (χ1) is 11.4. The SMILES string of the molecule is C.CC#CC#C[N+]1(C)CCN=C1C.CCC[N+]1(CCC)CCN=C1C.O.[Cl-].[HH].[HH].[HH]. The van der Waals surface area contributed by atoms with Crippen molar-refractivity contribution in [2.75, 3.05) is 46.3 Å². The molecule has 2 N–H and O–H groups in total. The van der Waals surface area contributed by atoms with Crippen LogP contribution in [-0.4, -0.2) is 72.4 Å². The summed E-state index contributed by atoms with van der Waals surface area (Å²) < 4.78 is 1.81. The summed E-state index contributed by atoms with van der Waals surface area (Å²) in [5.41, 5.74) is 0. The van der Waals surface area contributed by atoms with Gasteiger partial charge in [0.25, 0.3) is 0 Å². The van der Waals surface area contributed by atoms with E-state index >= 15 is 0 Å². The molecule has 0 fully saturated rings. The second kappa shape index (κ2) is 14.7. The Balaban J connectivity index is -0.0000000800. The lowest BCUT2D eigenvalue weighted by Gasteiger charge is -2.33. The summed E-state index contributed by atoms with van der Waals surface area (Å²) in [7, 11) is 2.07. The van der Waals surface area contributed by atoms with Crippen molar-refractivity contribution in [2.24, 2.45) is 9.98 Å². The normalized spacial score (nSPS) is 21.1. The molecule has 0 saturated heterocycles. The lowest BCUT2D eigenvalue weighted by Crippen LogP contribution is -3.00. The van der Waals surface area contributed by atoms with Crippen LogP contribution in [0.5, 0.6) is 0 Å². The molecular weight excluding hydrogens is 360 g/mol. The van der Waals surface area contributed by atoms with Gasteiger partial charge in [0.2, 0.25) is 5.84 Å². The fourth-order valence-corrected chi connectivity index (χ4v) is 3.31. The molecule has 1 unspecified atom stereocenters. The summed E-state index contributed by atoms with van der Waals surface area (Å²) in [5, 5.41) is 0. The van der Waals surface area contributed by atoms with Crippen molar-refractivity contribution in [3.63, 3.8) is 0 Å². The zero-order chi connectivity index (χ0) is 18.1. The molecular formula is C21H46ClN4O+. The van der Waals surface area contributed by atoms with Crippen LogP contribution in [0.1, 0.15) is 59.2 Å². The quantitative estimate of drug-likeness (QED) is 0.482. The van der Waals surface area contributed by atoms with Crippen LogP contribution in [0.15, 0.2) is 9.98 Å². The highest BCUT2D eigenvalue weighted by atomic mass is 35.5. The molecule has 0 amide bonds. The highest BCUT2D eigenvalue weighted by Gasteiger charge is 2.33. The number of amidine groups is 2. The molecule has 2 aliphatic heterocycles. The zero-order valence-electron chi connectivity index (χ0n) is 17.3. The predicted molar refractivity (Wildman–Crippen MR) is 120 cm³/mol. The monoisotopic (exact) mass is 405 g/mol. The van der Waals surface area contributed by atoms with E-state index in [1.54, 1.807) is 6.92 Å². The average molecular weight is 406 g/mol. The number of aliphatic imine (C=N–C) groups is 2. The Morgan fingerprint density at radius 1 is 0.963 bits per heavy atom. The van der Waals surface area contributed by atoms with Crippen molar-refractivity contribution in [2.45, 2.75) is 54.9 Å². The molecule has 27 heavy (non-hydrogen) atoms. The van der Waals surface area contributed by atoms with Crippen LogP contribution >= 0.6 is 0 Å². The number of halogens is 1. The minimum Gasteiger partial charge on any atom is -1.00 e. The maximum absolute atomic E-state index is 4.52. The Labute approximate surface area is 178 Å². The van der Waals surface area contributed by atoms with E-state index < -0.39 is 0 Å². The van der Waals surface area contributed by atoms with Gasteiger partial charge in [0, 0.05) is 24.0 Å². The Morgan fingerprint density at radius 2 is 1.48 bits per heavy atom. The van der Waals surface area contributed by atoms with Gasteiger partial charge in [0.15, 0.2) is 11.9 Å². The summed E-state index contributed by atoms with van der Waals surface area (Å²) >= 11 is 0. The molecule has 6 heteroatoms. The van der Waals surface area contributed by atoms with Crippen LogP contribution in [0, 0.1) is 23.8 Å². The average Bonchev–Trinajstić information content (AvgIpc) is 3.05. The molecule has 162 valence electrons. The third-order valence-electron chi connectivity index (χ3n) is 4.95. The van der Waals surface area contributed by atoms with Crippen molar-refractivity contribution in [1.29, 1.82) is 0 Å². The molecule has 0 bridgehead atoms. The second-order valence-electron chi connectivity index (χ2n) is 6.70. The lowest BCUT2D eigenvalue weighted by molar-refractivity contribution is -0.835. The zero-order valence-corrected chi connectivity index (χ0v) is 18.1. The molecule has 0 radical (unpaired) electrons. The summed E-state index contributed by atoms with van der Waals surface area (Å²) in [5.74, 6) is 10.8. The molecule has 2 rings (SSSR count). The Bertz CT molecular complexity index is 615. The molecule has 0 saturated carbocycles. The Kier molecular flexibility index (Phi) is 16.5. The molecule has 1 atom stereocenters. The van der Waals surface area contributed by atoms with Gasteiger partial charge in [0.05, 0.1) is 33.2 Å². The van der Waals surface area contributed by atoms with Gasteiger partial charge in [-0.3, -0.25) is 4.48 Å². The van der Waals surface area contributed by atoms with Crippen molar-refractivity contribution >= 4 is 11.7 Å². The van der Waals surface area contributed by atoms with Gasteiger partial charge in [-0.05, 0) is 25.7 Å². The smallest absolute Gasteiger partial charge is 0.208 e. The number of likely N-dealkylation sites (N-methyl/N-ethyl adjacent to an activating group) is 1. The minimum atomic E-state index is 0. The molecule has 5 nitrogen and oxygen atoms in total. The van der Waals surface area contributed by atoms with Crippen LogP contribution in [0.2, 0.25) is 0 Å². The Morgan fingerprint density at radius 3 is 1.85 bits per heavy atom. The summed E-state index contributed by atoms with van der Waals surface area (Å²) in [4.78, 5) is 8.82. The summed E-state index contributed by atoms with van der Waals surface area (Å²) in [6.45, 7) is 17.2. The third kappa shape index (κ3) is 8.45. The summed E-state index contributed by atoms with van der Waals surface area (Å²) in [6, 6.07) is 3.09. The van der Waals surface area contributed by atoms with E-state index in [9.17, 15) is 0 Å². The molecule has 0 aromatic rings. The van der Waals surface area contributed by atoms with Gasteiger partial charge in [-0.1, -0.05) is 27.2 Å². The van der Waals surface area contributed by atoms with Gasteiger partial charge >= 0.3 is 0 Å². The van der Waals surface area contributed by atoms with Gasteiger partial charge in [0.1, 0.15) is 13.1 Å². The first-order valence-corrected chi connectivity index (χ1v) is 9.13. The number of hydrogen-bond donors (Lipinski definition) is 0. The van der Waals surface area contributed by atoms with Crippen molar-refractivity contribution in [1.82, 2.24) is 0 Å². The molecule has 0 aliphatic carbocycles. The third-order valence-corrected chi connectivity index (χ3v) is 4.95. The van der Waals surface area contributed by atoms with Crippen molar-refractivity contribution < 1.29 is 31.1 Å². The van der Waals surface area contributed by atoms with E-state index in [0.717, 1.165) is 25.5 Å². The standard InChI is InChI=1S/C10H13N2.C10H21N2.CH4.ClH.H2O.3H2/c1-4-5-6-8-12(3)9-7-11-10(12)2;1-4-7-12(8-5-2)9-6-11-10(12)3;;;;;;/h7,9H2,1-3H3;4-9H2,1-3H3;1H4;1H;1H2;3*1H/q2*+1;;;;;;/p-1. The van der Waals surface area contributed by atoms with Crippen molar-refractivity contribution in [3.05, 3.63) is 0 Å². The first-order valence-electron chi connectivity index (χ1n) is 9.13. The fourth-order valence-electron chi connectivity index (χ4n) is 3.31. The second-order valence-corrected chi connectivity index (χ2v) is 6.70. The van der Waals surface area contributed by atoms with Crippen LogP contribution in [0.25, 0.3) is 0 Å². The minimum absolute atomic E-state index is 0. The number of rotatable bonds is 4. The van der Waals surface area contributed by atoms with Crippen LogP contribution in [0.4, 0.5) is 0 Å². The van der Waals surface area contributed by atoms with Gasteiger partial charge in [-0.25, -0.2) is 14.5 Å².